The Kier molecular flexibility index (Phi) is 6.08. The molecule has 1 fully saturated rings. The first-order valence-electron chi connectivity index (χ1n) is 7.13. The standard InChI is InChI=1S/C14H20Cl2N4O/c15-10-7-11(16)14(20-8-10)19-5-4-18-13(21)6-9-2-1-3-12(9)17/h7-9,12H,1-6,17H2,(H,18,21)(H,19,20)/t9-,12+/m0/s1. The maximum atomic E-state index is 11.8. The van der Waals surface area contributed by atoms with Crippen molar-refractivity contribution >= 4 is 34.9 Å². The van der Waals surface area contributed by atoms with E-state index in [9.17, 15) is 4.79 Å². The SMILES string of the molecule is N[C@@H]1CCC[C@H]1CC(=O)NCCNc1ncc(Cl)cc1Cl. The van der Waals surface area contributed by atoms with Gasteiger partial charge in [0.15, 0.2) is 0 Å². The van der Waals surface area contributed by atoms with Crippen LogP contribution in [0.3, 0.4) is 0 Å². The zero-order valence-corrected chi connectivity index (χ0v) is 13.3. The van der Waals surface area contributed by atoms with Crippen molar-refractivity contribution in [3.63, 3.8) is 0 Å². The van der Waals surface area contributed by atoms with Crippen molar-refractivity contribution in [3.8, 4) is 0 Å². The van der Waals surface area contributed by atoms with Gasteiger partial charge in [0.05, 0.1) is 10.0 Å². The van der Waals surface area contributed by atoms with Gasteiger partial charge in [-0.25, -0.2) is 4.98 Å². The molecule has 0 unspecified atom stereocenters. The van der Waals surface area contributed by atoms with E-state index in [-0.39, 0.29) is 11.9 Å². The van der Waals surface area contributed by atoms with Crippen molar-refractivity contribution in [2.75, 3.05) is 18.4 Å². The Labute approximate surface area is 134 Å². The highest BCUT2D eigenvalue weighted by atomic mass is 35.5. The molecule has 0 spiro atoms. The third-order valence-corrected chi connectivity index (χ3v) is 4.21. The van der Waals surface area contributed by atoms with E-state index >= 15 is 0 Å². The zero-order valence-electron chi connectivity index (χ0n) is 11.7. The van der Waals surface area contributed by atoms with E-state index in [1.54, 1.807) is 6.07 Å². The molecule has 0 aromatic carbocycles. The van der Waals surface area contributed by atoms with Gasteiger partial charge in [0.25, 0.3) is 0 Å². The van der Waals surface area contributed by atoms with E-state index in [0.717, 1.165) is 19.3 Å². The maximum absolute atomic E-state index is 11.8. The van der Waals surface area contributed by atoms with Gasteiger partial charge in [-0.3, -0.25) is 4.79 Å². The minimum absolute atomic E-state index is 0.0503. The van der Waals surface area contributed by atoms with E-state index in [0.29, 0.717) is 41.3 Å². The summed E-state index contributed by atoms with van der Waals surface area (Å²) >= 11 is 11.8. The summed E-state index contributed by atoms with van der Waals surface area (Å²) in [5.41, 5.74) is 5.96. The quantitative estimate of drug-likeness (QED) is 0.700. The van der Waals surface area contributed by atoms with Gasteiger partial charge in [-0.05, 0) is 24.8 Å². The van der Waals surface area contributed by atoms with Crippen LogP contribution in [0.2, 0.25) is 10.0 Å². The summed E-state index contributed by atoms with van der Waals surface area (Å²) in [4.78, 5) is 15.9. The van der Waals surface area contributed by atoms with Crippen molar-refractivity contribution in [2.24, 2.45) is 11.7 Å². The Morgan fingerprint density at radius 2 is 2.19 bits per heavy atom. The molecule has 7 heteroatoms. The molecule has 1 aromatic rings. The number of carbonyl (C=O) groups is 1. The largest absolute Gasteiger partial charge is 0.367 e. The first kappa shape index (κ1) is 16.3. The third kappa shape index (κ3) is 5.02. The first-order valence-corrected chi connectivity index (χ1v) is 7.89. The summed E-state index contributed by atoms with van der Waals surface area (Å²) in [5, 5.41) is 6.89. The molecule has 1 aliphatic carbocycles. The van der Waals surface area contributed by atoms with Crippen molar-refractivity contribution < 1.29 is 4.79 Å². The highest BCUT2D eigenvalue weighted by Gasteiger charge is 2.25. The fourth-order valence-electron chi connectivity index (χ4n) is 2.56. The highest BCUT2D eigenvalue weighted by molar-refractivity contribution is 6.35. The molecule has 0 bridgehead atoms. The van der Waals surface area contributed by atoms with Crippen LogP contribution in [-0.4, -0.2) is 30.0 Å². The molecule has 2 rings (SSSR count). The average molecular weight is 331 g/mol. The lowest BCUT2D eigenvalue weighted by Crippen LogP contribution is -2.33. The molecule has 21 heavy (non-hydrogen) atoms. The van der Waals surface area contributed by atoms with E-state index in [2.05, 4.69) is 15.6 Å². The fourth-order valence-corrected chi connectivity index (χ4v) is 3.00. The number of rotatable bonds is 6. The molecule has 0 saturated heterocycles. The molecule has 5 nitrogen and oxygen atoms in total. The van der Waals surface area contributed by atoms with Crippen LogP contribution in [0, 0.1) is 5.92 Å². The Morgan fingerprint density at radius 1 is 1.38 bits per heavy atom. The predicted molar refractivity (Wildman–Crippen MR) is 85.7 cm³/mol. The average Bonchev–Trinajstić information content (AvgIpc) is 2.82. The maximum Gasteiger partial charge on any atom is 0.220 e. The van der Waals surface area contributed by atoms with Crippen molar-refractivity contribution in [3.05, 3.63) is 22.3 Å². The summed E-state index contributed by atoms with van der Waals surface area (Å²) in [6, 6.07) is 1.80. The smallest absolute Gasteiger partial charge is 0.220 e. The topological polar surface area (TPSA) is 80.0 Å². The van der Waals surface area contributed by atoms with E-state index in [4.69, 9.17) is 28.9 Å². The lowest BCUT2D eigenvalue weighted by atomic mass is 10.00. The summed E-state index contributed by atoms with van der Waals surface area (Å²) in [5.74, 6) is 0.938. The number of nitrogens with two attached hydrogens (primary N) is 1. The van der Waals surface area contributed by atoms with Crippen molar-refractivity contribution in [2.45, 2.75) is 31.7 Å². The molecule has 0 radical (unpaired) electrons. The normalized spacial score (nSPS) is 21.3. The number of nitrogens with zero attached hydrogens (tertiary/aromatic N) is 1. The predicted octanol–water partition coefficient (Wildman–Crippen LogP) is 2.43. The van der Waals surface area contributed by atoms with Crippen LogP contribution in [0.4, 0.5) is 5.82 Å². The van der Waals surface area contributed by atoms with E-state index in [1.807, 2.05) is 0 Å². The van der Waals surface area contributed by atoms with Crippen LogP contribution in [-0.2, 0) is 4.79 Å². The van der Waals surface area contributed by atoms with Gasteiger partial charge in [-0.15, -0.1) is 0 Å². The number of halogens is 2. The summed E-state index contributed by atoms with van der Waals surface area (Å²) in [7, 11) is 0. The second-order valence-electron chi connectivity index (χ2n) is 5.32. The summed E-state index contributed by atoms with van der Waals surface area (Å²) in [6.45, 7) is 1.07. The third-order valence-electron chi connectivity index (χ3n) is 3.71. The number of pyridine rings is 1. The van der Waals surface area contributed by atoms with Crippen molar-refractivity contribution in [1.82, 2.24) is 10.3 Å². The molecule has 116 valence electrons. The van der Waals surface area contributed by atoms with Crippen LogP contribution >= 0.6 is 23.2 Å². The van der Waals surface area contributed by atoms with Gasteiger partial charge in [0.2, 0.25) is 5.91 Å². The summed E-state index contributed by atoms with van der Waals surface area (Å²) in [6.07, 6.45) is 5.25. The van der Waals surface area contributed by atoms with Gasteiger partial charge in [-0.2, -0.15) is 0 Å². The highest BCUT2D eigenvalue weighted by Crippen LogP contribution is 2.26. The number of hydrogen-bond acceptors (Lipinski definition) is 4. The van der Waals surface area contributed by atoms with Gasteiger partial charge >= 0.3 is 0 Å². The summed E-state index contributed by atoms with van der Waals surface area (Å²) < 4.78 is 0. The lowest BCUT2D eigenvalue weighted by Gasteiger charge is -2.15. The number of anilines is 1. The van der Waals surface area contributed by atoms with Crippen LogP contribution < -0.4 is 16.4 Å². The molecule has 1 heterocycles. The second-order valence-corrected chi connectivity index (χ2v) is 6.16. The minimum atomic E-state index is 0.0503. The first-order chi connectivity index (χ1) is 10.1. The molecule has 4 N–H and O–H groups in total. The van der Waals surface area contributed by atoms with Gasteiger partial charge in [0, 0.05) is 31.7 Å². The molecular weight excluding hydrogens is 311 g/mol. The number of hydrogen-bond donors (Lipinski definition) is 3. The Morgan fingerprint density at radius 3 is 2.86 bits per heavy atom. The van der Waals surface area contributed by atoms with E-state index < -0.39 is 0 Å². The minimum Gasteiger partial charge on any atom is -0.367 e. The lowest BCUT2D eigenvalue weighted by molar-refractivity contribution is -0.122. The molecular formula is C14H20Cl2N4O. The van der Waals surface area contributed by atoms with Crippen LogP contribution in [0.25, 0.3) is 0 Å². The second kappa shape index (κ2) is 7.82. The monoisotopic (exact) mass is 330 g/mol. The van der Waals surface area contributed by atoms with Gasteiger partial charge in [0.1, 0.15) is 5.82 Å². The number of amides is 1. The van der Waals surface area contributed by atoms with Gasteiger partial charge < -0.3 is 16.4 Å². The number of carbonyl (C=O) groups excluding carboxylic acids is 1. The Bertz CT molecular complexity index is 498. The van der Waals surface area contributed by atoms with E-state index in [1.165, 1.54) is 6.20 Å². The molecule has 1 saturated carbocycles. The fraction of sp³-hybridized carbons (Fsp3) is 0.571. The molecule has 1 amide bonds. The van der Waals surface area contributed by atoms with Crippen LogP contribution in [0.1, 0.15) is 25.7 Å². The number of nitrogens with one attached hydrogen (secondary N) is 2. The Balaban J connectivity index is 1.66. The van der Waals surface area contributed by atoms with Crippen molar-refractivity contribution in [1.29, 1.82) is 0 Å². The molecule has 1 aromatic heterocycles. The van der Waals surface area contributed by atoms with Gasteiger partial charge in [-0.1, -0.05) is 29.6 Å². The van der Waals surface area contributed by atoms with Crippen LogP contribution in [0.5, 0.6) is 0 Å². The van der Waals surface area contributed by atoms with Crippen LogP contribution in [0.15, 0.2) is 12.3 Å². The number of aromatic nitrogens is 1. The Hall–Kier alpha value is -1.04. The zero-order chi connectivity index (χ0) is 15.2. The molecule has 0 aliphatic heterocycles. The molecule has 1 aliphatic rings. The molecule has 2 atom stereocenters.